The zero-order valence-corrected chi connectivity index (χ0v) is 18.5. The van der Waals surface area contributed by atoms with Crippen LogP contribution in [0.5, 0.6) is 0 Å². The number of rotatable bonds is 2. The SMILES string of the molecule is O=S(=O)(c1ccccc1)n1c2ccc(C#CC3CCCCC3)cc2c2cc(Cl)cnc21. The average molecular weight is 449 g/mol. The summed E-state index contributed by atoms with van der Waals surface area (Å²) < 4.78 is 28.3. The highest BCUT2D eigenvalue weighted by atomic mass is 35.5. The van der Waals surface area contributed by atoms with Gasteiger partial charge < -0.3 is 0 Å². The first-order valence-electron chi connectivity index (χ1n) is 10.5. The first kappa shape index (κ1) is 20.1. The van der Waals surface area contributed by atoms with Gasteiger partial charge in [-0.05, 0) is 49.2 Å². The van der Waals surface area contributed by atoms with Crippen LogP contribution in [0.25, 0.3) is 21.9 Å². The summed E-state index contributed by atoms with van der Waals surface area (Å²) >= 11 is 6.21. The lowest BCUT2D eigenvalue weighted by molar-refractivity contribution is 0.430. The molecule has 5 rings (SSSR count). The molecule has 6 heteroatoms. The van der Waals surface area contributed by atoms with Crippen molar-refractivity contribution < 1.29 is 8.42 Å². The second-order valence-electron chi connectivity index (χ2n) is 7.94. The van der Waals surface area contributed by atoms with E-state index >= 15 is 0 Å². The Balaban J connectivity index is 1.71. The van der Waals surface area contributed by atoms with Gasteiger partial charge in [0.15, 0.2) is 5.65 Å². The molecule has 31 heavy (non-hydrogen) atoms. The molecule has 2 heterocycles. The van der Waals surface area contributed by atoms with Crippen molar-refractivity contribution in [2.24, 2.45) is 5.92 Å². The van der Waals surface area contributed by atoms with Gasteiger partial charge in [-0.1, -0.05) is 60.9 Å². The minimum Gasteiger partial charge on any atom is -0.236 e. The average Bonchev–Trinajstić information content (AvgIpc) is 3.12. The van der Waals surface area contributed by atoms with Crippen LogP contribution in [0.1, 0.15) is 37.7 Å². The van der Waals surface area contributed by atoms with Gasteiger partial charge in [-0.25, -0.2) is 17.4 Å². The monoisotopic (exact) mass is 448 g/mol. The lowest BCUT2D eigenvalue weighted by Crippen LogP contribution is -2.13. The number of hydrogen-bond donors (Lipinski definition) is 0. The van der Waals surface area contributed by atoms with Crippen LogP contribution in [-0.4, -0.2) is 17.4 Å². The fourth-order valence-corrected chi connectivity index (χ4v) is 5.95. The van der Waals surface area contributed by atoms with Gasteiger partial charge in [-0.2, -0.15) is 0 Å². The first-order chi connectivity index (χ1) is 15.0. The molecule has 4 aromatic rings. The van der Waals surface area contributed by atoms with Crippen molar-refractivity contribution in [1.29, 1.82) is 0 Å². The van der Waals surface area contributed by atoms with E-state index in [-0.39, 0.29) is 4.90 Å². The zero-order chi connectivity index (χ0) is 21.4. The first-order valence-corrected chi connectivity index (χ1v) is 12.3. The zero-order valence-electron chi connectivity index (χ0n) is 16.9. The van der Waals surface area contributed by atoms with Gasteiger partial charge >= 0.3 is 0 Å². The Morgan fingerprint density at radius 3 is 2.52 bits per heavy atom. The van der Waals surface area contributed by atoms with Crippen LogP contribution in [0.4, 0.5) is 0 Å². The van der Waals surface area contributed by atoms with Gasteiger partial charge in [-0.15, -0.1) is 0 Å². The summed E-state index contributed by atoms with van der Waals surface area (Å²) in [4.78, 5) is 4.59. The van der Waals surface area contributed by atoms with Crippen LogP contribution in [0.2, 0.25) is 5.02 Å². The van der Waals surface area contributed by atoms with E-state index in [1.165, 1.54) is 29.4 Å². The van der Waals surface area contributed by atoms with Crippen molar-refractivity contribution >= 4 is 43.6 Å². The van der Waals surface area contributed by atoms with E-state index in [9.17, 15) is 8.42 Å². The van der Waals surface area contributed by atoms with Gasteiger partial charge in [0.1, 0.15) is 0 Å². The summed E-state index contributed by atoms with van der Waals surface area (Å²) in [5.74, 6) is 7.16. The summed E-state index contributed by atoms with van der Waals surface area (Å²) in [6, 6.07) is 15.8. The molecule has 0 atom stereocenters. The molecule has 1 aliphatic rings. The molecular weight excluding hydrogens is 428 g/mol. The van der Waals surface area contributed by atoms with Crippen molar-refractivity contribution in [2.45, 2.75) is 37.0 Å². The van der Waals surface area contributed by atoms with Gasteiger partial charge in [-0.3, -0.25) is 0 Å². The minimum absolute atomic E-state index is 0.215. The van der Waals surface area contributed by atoms with Gasteiger partial charge in [0, 0.05) is 28.5 Å². The van der Waals surface area contributed by atoms with Crippen LogP contribution < -0.4 is 0 Å². The third-order valence-electron chi connectivity index (χ3n) is 5.84. The Morgan fingerprint density at radius 1 is 0.968 bits per heavy atom. The third-order valence-corrected chi connectivity index (χ3v) is 7.76. The third kappa shape index (κ3) is 3.71. The molecule has 2 aromatic carbocycles. The standard InChI is InChI=1S/C25H21ClN2O2S/c26-20-16-23-22-15-19(12-11-18-7-3-1-4-8-18)13-14-24(22)28(25(23)27-17-20)31(29,30)21-9-5-2-6-10-21/h2,5-6,9-10,13-18H,1,3-4,7-8H2. The second-order valence-corrected chi connectivity index (χ2v) is 10.2. The van der Waals surface area contributed by atoms with Crippen LogP contribution in [0.3, 0.4) is 0 Å². The molecule has 0 unspecified atom stereocenters. The van der Waals surface area contributed by atoms with Crippen molar-refractivity contribution in [3.63, 3.8) is 0 Å². The molecule has 0 spiro atoms. The summed E-state index contributed by atoms with van der Waals surface area (Å²) in [6.45, 7) is 0. The Bertz CT molecular complexity index is 1440. The predicted octanol–water partition coefficient (Wildman–Crippen LogP) is 6.01. The van der Waals surface area contributed by atoms with E-state index in [4.69, 9.17) is 11.6 Å². The second kappa shape index (κ2) is 8.03. The lowest BCUT2D eigenvalue weighted by atomic mass is 9.89. The van der Waals surface area contributed by atoms with Crippen molar-refractivity contribution in [1.82, 2.24) is 8.96 Å². The number of halogens is 1. The molecule has 1 aliphatic carbocycles. The van der Waals surface area contributed by atoms with Crippen LogP contribution in [-0.2, 0) is 10.0 Å². The number of fused-ring (bicyclic) bond motifs is 3. The summed E-state index contributed by atoms with van der Waals surface area (Å²) in [7, 11) is -3.83. The molecule has 0 N–H and O–H groups in total. The number of nitrogens with zero attached hydrogens (tertiary/aromatic N) is 2. The summed E-state index contributed by atoms with van der Waals surface area (Å²) in [5, 5.41) is 1.94. The minimum atomic E-state index is -3.83. The molecule has 1 saturated carbocycles. The Morgan fingerprint density at radius 2 is 1.74 bits per heavy atom. The van der Waals surface area contributed by atoms with Crippen molar-refractivity contribution in [3.05, 3.63) is 71.4 Å². The van der Waals surface area contributed by atoms with E-state index in [1.807, 2.05) is 18.2 Å². The number of pyridine rings is 1. The van der Waals surface area contributed by atoms with Crippen molar-refractivity contribution in [3.8, 4) is 11.8 Å². The fraction of sp³-hybridized carbons (Fsp3) is 0.240. The summed E-state index contributed by atoms with van der Waals surface area (Å²) in [5.41, 5.74) is 1.80. The predicted molar refractivity (Wildman–Crippen MR) is 125 cm³/mol. The molecule has 0 bridgehead atoms. The molecule has 2 aromatic heterocycles. The highest BCUT2D eigenvalue weighted by Gasteiger charge is 2.24. The highest BCUT2D eigenvalue weighted by molar-refractivity contribution is 7.90. The van der Waals surface area contributed by atoms with Crippen LogP contribution in [0.15, 0.2) is 65.7 Å². The van der Waals surface area contributed by atoms with E-state index < -0.39 is 10.0 Å². The number of aromatic nitrogens is 2. The maximum absolute atomic E-state index is 13.5. The Labute approximate surface area is 186 Å². The topological polar surface area (TPSA) is 52.0 Å². The molecule has 0 saturated heterocycles. The van der Waals surface area contributed by atoms with Gasteiger partial charge in [0.2, 0.25) is 0 Å². The van der Waals surface area contributed by atoms with Gasteiger partial charge in [0.05, 0.1) is 15.4 Å². The van der Waals surface area contributed by atoms with Gasteiger partial charge in [0.25, 0.3) is 10.0 Å². The number of benzene rings is 2. The molecule has 4 nitrogen and oxygen atoms in total. The largest absolute Gasteiger partial charge is 0.269 e. The van der Waals surface area contributed by atoms with Crippen LogP contribution >= 0.6 is 11.6 Å². The quantitative estimate of drug-likeness (QED) is 0.353. The van der Waals surface area contributed by atoms with E-state index in [0.717, 1.165) is 23.8 Å². The van der Waals surface area contributed by atoms with Crippen molar-refractivity contribution in [2.75, 3.05) is 0 Å². The molecule has 1 fully saturated rings. The number of hydrogen-bond acceptors (Lipinski definition) is 3. The maximum atomic E-state index is 13.5. The summed E-state index contributed by atoms with van der Waals surface area (Å²) in [6.07, 6.45) is 7.57. The highest BCUT2D eigenvalue weighted by Crippen LogP contribution is 2.33. The molecule has 156 valence electrons. The van der Waals surface area contributed by atoms with E-state index in [1.54, 1.807) is 36.4 Å². The smallest absolute Gasteiger partial charge is 0.236 e. The molecule has 0 amide bonds. The maximum Gasteiger partial charge on any atom is 0.269 e. The Kier molecular flexibility index (Phi) is 5.21. The molecule has 0 aliphatic heterocycles. The fourth-order valence-electron chi connectivity index (χ4n) is 4.29. The van der Waals surface area contributed by atoms with E-state index in [2.05, 4.69) is 16.8 Å². The molecule has 0 radical (unpaired) electrons. The molecular formula is C25H21ClN2O2S. The van der Waals surface area contributed by atoms with E-state index in [0.29, 0.717) is 27.5 Å². The lowest BCUT2D eigenvalue weighted by Gasteiger charge is -2.15. The van der Waals surface area contributed by atoms with Crippen LogP contribution in [0, 0.1) is 17.8 Å². The Hall–Kier alpha value is -2.81. The normalized spacial score (nSPS) is 15.1.